The largest absolute Gasteiger partial charge is 0.496 e. The molecule has 0 spiro atoms. The smallest absolute Gasteiger partial charge is 0.150 e. The highest BCUT2D eigenvalue weighted by Gasteiger charge is 2.09. The van der Waals surface area contributed by atoms with Crippen molar-refractivity contribution in [1.29, 1.82) is 0 Å². The van der Waals surface area contributed by atoms with Crippen molar-refractivity contribution in [2.45, 2.75) is 13.1 Å². The molecular formula is C15H16ClNO2S. The molecule has 0 fully saturated rings. The van der Waals surface area contributed by atoms with Crippen molar-refractivity contribution in [3.8, 4) is 5.75 Å². The van der Waals surface area contributed by atoms with E-state index in [0.29, 0.717) is 12.1 Å². The standard InChI is InChI=1S/C15H16ClNO2S/c1-17(9-13-4-6-15(16)20-13)8-12-7-11(10-18)3-5-14(12)19-2/h3-7,10H,8-9H2,1-2H3. The zero-order valence-corrected chi connectivity index (χ0v) is 13.0. The Labute approximate surface area is 127 Å². The molecule has 2 aromatic rings. The minimum absolute atomic E-state index is 0.661. The monoisotopic (exact) mass is 309 g/mol. The second-order valence-electron chi connectivity index (χ2n) is 4.57. The molecule has 0 amide bonds. The van der Waals surface area contributed by atoms with Gasteiger partial charge in [-0.15, -0.1) is 11.3 Å². The highest BCUT2D eigenvalue weighted by Crippen LogP contribution is 2.25. The number of carbonyl (C=O) groups excluding carboxylic acids is 1. The van der Waals surface area contributed by atoms with Gasteiger partial charge in [-0.1, -0.05) is 11.6 Å². The fourth-order valence-electron chi connectivity index (χ4n) is 2.04. The summed E-state index contributed by atoms with van der Waals surface area (Å²) in [5.41, 5.74) is 1.66. The van der Waals surface area contributed by atoms with Crippen LogP contribution in [-0.4, -0.2) is 25.3 Å². The fourth-order valence-corrected chi connectivity index (χ4v) is 3.21. The summed E-state index contributed by atoms with van der Waals surface area (Å²) in [5, 5.41) is 0. The number of nitrogens with zero attached hydrogens (tertiary/aromatic N) is 1. The van der Waals surface area contributed by atoms with Crippen molar-refractivity contribution < 1.29 is 9.53 Å². The Kier molecular flexibility index (Phi) is 5.17. The number of rotatable bonds is 6. The topological polar surface area (TPSA) is 29.5 Å². The second-order valence-corrected chi connectivity index (χ2v) is 6.37. The van der Waals surface area contributed by atoms with Gasteiger partial charge in [-0.3, -0.25) is 9.69 Å². The van der Waals surface area contributed by atoms with Crippen molar-refractivity contribution in [2.75, 3.05) is 14.2 Å². The quantitative estimate of drug-likeness (QED) is 0.759. The van der Waals surface area contributed by atoms with Gasteiger partial charge in [-0.2, -0.15) is 0 Å². The summed E-state index contributed by atoms with van der Waals surface area (Å²) < 4.78 is 6.14. The lowest BCUT2D eigenvalue weighted by molar-refractivity contribution is 0.112. The maximum absolute atomic E-state index is 10.9. The number of aldehydes is 1. The van der Waals surface area contributed by atoms with Crippen molar-refractivity contribution >= 4 is 29.2 Å². The van der Waals surface area contributed by atoms with Gasteiger partial charge in [-0.25, -0.2) is 0 Å². The third-order valence-corrected chi connectivity index (χ3v) is 4.15. The van der Waals surface area contributed by atoms with Gasteiger partial charge < -0.3 is 4.74 Å². The predicted molar refractivity (Wildman–Crippen MR) is 82.9 cm³/mol. The van der Waals surface area contributed by atoms with Crippen molar-refractivity contribution in [3.63, 3.8) is 0 Å². The Hall–Kier alpha value is -1.36. The molecule has 1 heterocycles. The number of ether oxygens (including phenoxy) is 1. The SMILES string of the molecule is COc1ccc(C=O)cc1CN(C)Cc1ccc(Cl)s1. The Morgan fingerprint density at radius 1 is 1.30 bits per heavy atom. The number of hydrogen-bond donors (Lipinski definition) is 0. The van der Waals surface area contributed by atoms with E-state index in [1.54, 1.807) is 24.5 Å². The van der Waals surface area contributed by atoms with E-state index in [1.165, 1.54) is 4.88 Å². The Bertz CT molecular complexity index is 597. The third kappa shape index (κ3) is 3.82. The van der Waals surface area contributed by atoms with Gasteiger partial charge >= 0.3 is 0 Å². The first-order chi connectivity index (χ1) is 9.62. The average Bonchev–Trinajstić information content (AvgIpc) is 2.83. The zero-order chi connectivity index (χ0) is 14.5. The summed E-state index contributed by atoms with van der Waals surface area (Å²) in [4.78, 5) is 14.2. The Morgan fingerprint density at radius 2 is 2.10 bits per heavy atom. The molecule has 0 aliphatic rings. The van der Waals surface area contributed by atoms with Gasteiger partial charge in [0.25, 0.3) is 0 Å². The van der Waals surface area contributed by atoms with Crippen LogP contribution in [0.25, 0.3) is 0 Å². The molecule has 106 valence electrons. The van der Waals surface area contributed by atoms with Crippen LogP contribution in [0, 0.1) is 0 Å². The van der Waals surface area contributed by atoms with Crippen molar-refractivity contribution in [1.82, 2.24) is 4.90 Å². The van der Waals surface area contributed by atoms with Crippen LogP contribution in [0.1, 0.15) is 20.8 Å². The highest BCUT2D eigenvalue weighted by atomic mass is 35.5. The molecule has 1 aromatic carbocycles. The third-order valence-electron chi connectivity index (χ3n) is 2.94. The molecule has 0 unspecified atom stereocenters. The van der Waals surface area contributed by atoms with Crippen molar-refractivity contribution in [2.24, 2.45) is 0 Å². The van der Waals surface area contributed by atoms with E-state index in [9.17, 15) is 4.79 Å². The molecule has 0 bridgehead atoms. The van der Waals surface area contributed by atoms with E-state index in [-0.39, 0.29) is 0 Å². The molecule has 0 N–H and O–H groups in total. The maximum Gasteiger partial charge on any atom is 0.150 e. The number of hydrogen-bond acceptors (Lipinski definition) is 4. The van der Waals surface area contributed by atoms with Gasteiger partial charge in [0.05, 0.1) is 11.4 Å². The number of methoxy groups -OCH3 is 1. The fraction of sp³-hybridized carbons (Fsp3) is 0.267. The average molecular weight is 310 g/mol. The highest BCUT2D eigenvalue weighted by molar-refractivity contribution is 7.16. The molecule has 1 aromatic heterocycles. The van der Waals surface area contributed by atoms with E-state index in [1.807, 2.05) is 31.3 Å². The van der Waals surface area contributed by atoms with Crippen LogP contribution >= 0.6 is 22.9 Å². The first kappa shape index (κ1) is 15.0. The van der Waals surface area contributed by atoms with Crippen molar-refractivity contribution in [3.05, 3.63) is 50.7 Å². The molecule has 5 heteroatoms. The van der Waals surface area contributed by atoms with Crippen LogP contribution in [0.5, 0.6) is 5.75 Å². The molecule has 0 radical (unpaired) electrons. The van der Waals surface area contributed by atoms with E-state index < -0.39 is 0 Å². The second kappa shape index (κ2) is 6.88. The molecule has 0 saturated heterocycles. The summed E-state index contributed by atoms with van der Waals surface area (Å²) >= 11 is 7.51. The van der Waals surface area contributed by atoms with Crippen LogP contribution in [0.4, 0.5) is 0 Å². The summed E-state index contributed by atoms with van der Waals surface area (Å²) in [7, 11) is 3.67. The molecular weight excluding hydrogens is 294 g/mol. The van der Waals surface area contributed by atoms with E-state index >= 15 is 0 Å². The molecule has 0 aliphatic heterocycles. The van der Waals surface area contributed by atoms with Crippen LogP contribution < -0.4 is 4.74 Å². The first-order valence-corrected chi connectivity index (χ1v) is 7.36. The van der Waals surface area contributed by atoms with Gasteiger partial charge in [0, 0.05) is 29.1 Å². The predicted octanol–water partition coefficient (Wildman–Crippen LogP) is 3.85. The molecule has 0 saturated carbocycles. The summed E-state index contributed by atoms with van der Waals surface area (Å²) in [6.07, 6.45) is 0.849. The lowest BCUT2D eigenvalue weighted by Crippen LogP contribution is -2.17. The van der Waals surface area contributed by atoms with Gasteiger partial charge in [0.15, 0.2) is 0 Å². The zero-order valence-electron chi connectivity index (χ0n) is 11.4. The summed E-state index contributed by atoms with van der Waals surface area (Å²) in [6, 6.07) is 9.39. The molecule has 0 atom stereocenters. The molecule has 0 aliphatic carbocycles. The van der Waals surface area contributed by atoms with Gasteiger partial charge in [0.1, 0.15) is 12.0 Å². The number of thiophene rings is 1. The minimum atomic E-state index is 0.661. The first-order valence-electron chi connectivity index (χ1n) is 6.17. The van der Waals surface area contributed by atoms with E-state index in [4.69, 9.17) is 16.3 Å². The lowest BCUT2D eigenvalue weighted by atomic mass is 10.1. The van der Waals surface area contributed by atoms with Gasteiger partial charge in [-0.05, 0) is 37.4 Å². The maximum atomic E-state index is 10.9. The minimum Gasteiger partial charge on any atom is -0.496 e. The van der Waals surface area contributed by atoms with E-state index in [0.717, 1.165) is 28.5 Å². The van der Waals surface area contributed by atoms with Crippen LogP contribution in [0.3, 0.4) is 0 Å². The Morgan fingerprint density at radius 3 is 2.70 bits per heavy atom. The number of carbonyl (C=O) groups is 1. The number of benzene rings is 1. The van der Waals surface area contributed by atoms with Gasteiger partial charge in [0.2, 0.25) is 0 Å². The van der Waals surface area contributed by atoms with Crippen LogP contribution in [0.2, 0.25) is 4.34 Å². The summed E-state index contributed by atoms with van der Waals surface area (Å²) in [6.45, 7) is 1.52. The Balaban J connectivity index is 2.09. The molecule has 20 heavy (non-hydrogen) atoms. The number of halogens is 1. The molecule has 3 nitrogen and oxygen atoms in total. The van der Waals surface area contributed by atoms with Crippen LogP contribution in [0.15, 0.2) is 30.3 Å². The van der Waals surface area contributed by atoms with E-state index in [2.05, 4.69) is 4.90 Å². The van der Waals surface area contributed by atoms with Crippen LogP contribution in [-0.2, 0) is 13.1 Å². The normalized spacial score (nSPS) is 10.8. The summed E-state index contributed by atoms with van der Waals surface area (Å²) in [5.74, 6) is 0.798. The molecule has 2 rings (SSSR count). The lowest BCUT2D eigenvalue weighted by Gasteiger charge is -2.18.